The fourth-order valence-electron chi connectivity index (χ4n) is 4.20. The van der Waals surface area contributed by atoms with Gasteiger partial charge in [-0.25, -0.2) is 9.97 Å². The molecule has 2 aliphatic heterocycles. The van der Waals surface area contributed by atoms with E-state index in [1.807, 2.05) is 17.0 Å². The largest absolute Gasteiger partial charge is 0.377 e. The van der Waals surface area contributed by atoms with Gasteiger partial charge in [-0.2, -0.15) is 0 Å². The number of nitrogens with one attached hydrogen (secondary N) is 1. The maximum Gasteiger partial charge on any atom is 0.253 e. The van der Waals surface area contributed by atoms with E-state index in [1.165, 1.54) is 12.8 Å². The first-order chi connectivity index (χ1) is 13.6. The van der Waals surface area contributed by atoms with Gasteiger partial charge in [-0.3, -0.25) is 4.79 Å². The van der Waals surface area contributed by atoms with E-state index in [0.29, 0.717) is 17.6 Å². The highest BCUT2D eigenvalue weighted by Crippen LogP contribution is 2.18. The molecule has 152 valence electrons. The van der Waals surface area contributed by atoms with E-state index in [2.05, 4.69) is 34.0 Å². The lowest BCUT2D eigenvalue weighted by Gasteiger charge is -2.33. The molecule has 4 rings (SSSR count). The molecule has 2 saturated heterocycles. The molecule has 4 heterocycles. The third-order valence-corrected chi connectivity index (χ3v) is 5.69. The summed E-state index contributed by atoms with van der Waals surface area (Å²) in [5, 5.41) is 3.18. The van der Waals surface area contributed by atoms with Crippen molar-refractivity contribution < 1.29 is 9.53 Å². The quantitative estimate of drug-likeness (QED) is 0.827. The maximum absolute atomic E-state index is 12.7. The second-order valence-electron chi connectivity index (χ2n) is 8.54. The molecule has 0 aromatic carbocycles. The van der Waals surface area contributed by atoms with Gasteiger partial charge < -0.3 is 19.5 Å². The number of hydrogen-bond donors (Lipinski definition) is 1. The summed E-state index contributed by atoms with van der Waals surface area (Å²) in [6.07, 6.45) is 8.21. The van der Waals surface area contributed by atoms with E-state index in [4.69, 9.17) is 4.74 Å². The molecule has 0 spiro atoms. The van der Waals surface area contributed by atoms with Gasteiger partial charge in [-0.1, -0.05) is 13.8 Å². The Morgan fingerprint density at radius 1 is 1.29 bits per heavy atom. The first kappa shape index (κ1) is 19.3. The van der Waals surface area contributed by atoms with E-state index in [9.17, 15) is 4.79 Å². The van der Waals surface area contributed by atoms with Crippen LogP contribution < -0.4 is 5.32 Å². The van der Waals surface area contributed by atoms with Crippen molar-refractivity contribution in [1.82, 2.24) is 24.8 Å². The zero-order valence-corrected chi connectivity index (χ0v) is 16.9. The second-order valence-corrected chi connectivity index (χ2v) is 8.54. The number of rotatable bonds is 6. The number of piperidine rings is 1. The van der Waals surface area contributed by atoms with Crippen molar-refractivity contribution in [2.75, 3.05) is 26.2 Å². The van der Waals surface area contributed by atoms with Crippen LogP contribution in [0.1, 0.15) is 49.9 Å². The summed E-state index contributed by atoms with van der Waals surface area (Å²) in [4.78, 5) is 24.1. The first-order valence-corrected chi connectivity index (χ1v) is 10.5. The van der Waals surface area contributed by atoms with Crippen molar-refractivity contribution in [2.24, 2.45) is 5.92 Å². The predicted octanol–water partition coefficient (Wildman–Crippen LogP) is 2.46. The summed E-state index contributed by atoms with van der Waals surface area (Å²) in [6.45, 7) is 9.17. The fourth-order valence-corrected chi connectivity index (χ4v) is 4.20. The standard InChI is InChI=1S/C21H31N5O2/c1-15(2)12-26-14-23-19-10-16(11-22-20(19)26)21(27)24-17-5-7-25(8-6-17)13-18-4-3-9-28-18/h10-11,14-15,17-18H,3-9,12-13H2,1-2H3,(H,24,27). The molecule has 7 heteroatoms. The number of hydrogen-bond acceptors (Lipinski definition) is 5. The summed E-state index contributed by atoms with van der Waals surface area (Å²) in [5.41, 5.74) is 2.21. The molecule has 2 aromatic rings. The Morgan fingerprint density at radius 3 is 2.82 bits per heavy atom. The molecule has 2 aromatic heterocycles. The van der Waals surface area contributed by atoms with Crippen LogP contribution in [-0.2, 0) is 11.3 Å². The minimum absolute atomic E-state index is 0.0506. The number of likely N-dealkylation sites (tertiary alicyclic amines) is 1. The molecule has 2 aliphatic rings. The SMILES string of the molecule is CC(C)Cn1cnc2cc(C(=O)NC3CCN(CC4CCCO4)CC3)cnc21. The van der Waals surface area contributed by atoms with E-state index in [1.54, 1.807) is 6.20 Å². The molecule has 0 aliphatic carbocycles. The van der Waals surface area contributed by atoms with Gasteiger partial charge >= 0.3 is 0 Å². The van der Waals surface area contributed by atoms with Crippen LogP contribution >= 0.6 is 0 Å². The molecule has 28 heavy (non-hydrogen) atoms. The molecule has 1 unspecified atom stereocenters. The van der Waals surface area contributed by atoms with Crippen LogP contribution in [0.4, 0.5) is 0 Å². The molecule has 0 radical (unpaired) electrons. The lowest BCUT2D eigenvalue weighted by Crippen LogP contribution is -2.46. The summed E-state index contributed by atoms with van der Waals surface area (Å²) >= 11 is 0. The molecule has 1 amide bonds. The zero-order chi connectivity index (χ0) is 19.5. The highest BCUT2D eigenvalue weighted by Gasteiger charge is 2.25. The van der Waals surface area contributed by atoms with E-state index in [0.717, 1.165) is 56.8 Å². The molecule has 7 nitrogen and oxygen atoms in total. The molecule has 0 saturated carbocycles. The van der Waals surface area contributed by atoms with Crippen molar-refractivity contribution in [2.45, 2.75) is 58.2 Å². The number of amides is 1. The van der Waals surface area contributed by atoms with E-state index < -0.39 is 0 Å². The Hall–Kier alpha value is -1.99. The number of ether oxygens (including phenoxy) is 1. The topological polar surface area (TPSA) is 72.3 Å². The Bertz CT molecular complexity index is 804. The average Bonchev–Trinajstić information content (AvgIpc) is 3.33. The number of carbonyl (C=O) groups excluding carboxylic acids is 1. The first-order valence-electron chi connectivity index (χ1n) is 10.5. The Labute approximate surface area is 166 Å². The van der Waals surface area contributed by atoms with Gasteiger partial charge in [-0.15, -0.1) is 0 Å². The minimum atomic E-state index is -0.0506. The van der Waals surface area contributed by atoms with Gasteiger partial charge in [0, 0.05) is 45.0 Å². The number of nitrogens with zero attached hydrogens (tertiary/aromatic N) is 4. The van der Waals surface area contributed by atoms with Crippen LogP contribution in [0.15, 0.2) is 18.6 Å². The van der Waals surface area contributed by atoms with Gasteiger partial charge in [-0.05, 0) is 37.7 Å². The van der Waals surface area contributed by atoms with Crippen LogP contribution in [0.3, 0.4) is 0 Å². The van der Waals surface area contributed by atoms with E-state index in [-0.39, 0.29) is 11.9 Å². The van der Waals surface area contributed by atoms with Crippen molar-refractivity contribution in [3.63, 3.8) is 0 Å². The lowest BCUT2D eigenvalue weighted by atomic mass is 10.0. The summed E-state index contributed by atoms with van der Waals surface area (Å²) in [6, 6.07) is 2.07. The normalized spacial score (nSPS) is 21.6. The maximum atomic E-state index is 12.7. The van der Waals surface area contributed by atoms with Gasteiger partial charge in [0.25, 0.3) is 5.91 Å². The number of carbonyl (C=O) groups is 1. The monoisotopic (exact) mass is 385 g/mol. The number of aromatic nitrogens is 3. The Balaban J connectivity index is 1.31. The van der Waals surface area contributed by atoms with Crippen LogP contribution in [-0.4, -0.2) is 63.7 Å². The van der Waals surface area contributed by atoms with Crippen LogP contribution in [0.2, 0.25) is 0 Å². The predicted molar refractivity (Wildman–Crippen MR) is 108 cm³/mol. The Morgan fingerprint density at radius 2 is 2.11 bits per heavy atom. The van der Waals surface area contributed by atoms with Gasteiger partial charge in [0.05, 0.1) is 18.0 Å². The smallest absolute Gasteiger partial charge is 0.253 e. The van der Waals surface area contributed by atoms with E-state index >= 15 is 0 Å². The van der Waals surface area contributed by atoms with Crippen LogP contribution in [0.25, 0.3) is 11.2 Å². The van der Waals surface area contributed by atoms with Crippen molar-refractivity contribution in [3.8, 4) is 0 Å². The van der Waals surface area contributed by atoms with Gasteiger partial charge in [0.15, 0.2) is 5.65 Å². The average molecular weight is 386 g/mol. The van der Waals surface area contributed by atoms with Crippen LogP contribution in [0, 0.1) is 5.92 Å². The molecular formula is C21H31N5O2. The molecule has 1 N–H and O–H groups in total. The Kier molecular flexibility index (Phi) is 5.92. The second kappa shape index (κ2) is 8.57. The third kappa shape index (κ3) is 4.52. The molecule has 2 fully saturated rings. The molecule has 0 bridgehead atoms. The minimum Gasteiger partial charge on any atom is -0.377 e. The van der Waals surface area contributed by atoms with Gasteiger partial charge in [0.1, 0.15) is 5.52 Å². The number of fused-ring (bicyclic) bond motifs is 1. The molecular weight excluding hydrogens is 354 g/mol. The van der Waals surface area contributed by atoms with Crippen molar-refractivity contribution in [1.29, 1.82) is 0 Å². The zero-order valence-electron chi connectivity index (χ0n) is 16.9. The summed E-state index contributed by atoms with van der Waals surface area (Å²) in [7, 11) is 0. The number of imidazole rings is 1. The molecule has 1 atom stereocenters. The highest BCUT2D eigenvalue weighted by molar-refractivity contribution is 5.96. The van der Waals surface area contributed by atoms with Crippen molar-refractivity contribution >= 4 is 17.1 Å². The summed E-state index contributed by atoms with van der Waals surface area (Å²) < 4.78 is 7.78. The van der Waals surface area contributed by atoms with Gasteiger partial charge in [0.2, 0.25) is 0 Å². The fraction of sp³-hybridized carbons (Fsp3) is 0.667. The summed E-state index contributed by atoms with van der Waals surface area (Å²) in [5.74, 6) is 0.471. The lowest BCUT2D eigenvalue weighted by molar-refractivity contribution is 0.0613. The van der Waals surface area contributed by atoms with Crippen LogP contribution in [0.5, 0.6) is 0 Å². The highest BCUT2D eigenvalue weighted by atomic mass is 16.5. The third-order valence-electron chi connectivity index (χ3n) is 5.69. The number of pyridine rings is 1. The van der Waals surface area contributed by atoms with Crippen molar-refractivity contribution in [3.05, 3.63) is 24.2 Å².